The van der Waals surface area contributed by atoms with Gasteiger partial charge in [0.25, 0.3) is 0 Å². The largest absolute Gasteiger partial charge is 2.00 e. The molecule has 3 rings (SSSR count). The van der Waals surface area contributed by atoms with E-state index >= 15 is 0 Å². The molecular formula is C18H29CoN5O16. The van der Waals surface area contributed by atoms with Gasteiger partial charge < -0.3 is 84.0 Å². The van der Waals surface area contributed by atoms with Crippen LogP contribution in [0.3, 0.4) is 0 Å². The van der Waals surface area contributed by atoms with Gasteiger partial charge in [-0.15, -0.1) is 0 Å². The zero-order chi connectivity index (χ0) is 25.6. The first-order valence-corrected chi connectivity index (χ1v) is 8.40. The van der Waals surface area contributed by atoms with Crippen molar-refractivity contribution in [1.82, 2.24) is 9.55 Å². The van der Waals surface area contributed by atoms with Crippen LogP contribution in [-0.4, -0.2) is 74.7 Å². The van der Waals surface area contributed by atoms with Gasteiger partial charge in [0, 0.05) is 23.8 Å². The van der Waals surface area contributed by atoms with E-state index in [1.165, 1.54) is 12.1 Å². The molecule has 231 valence electrons. The predicted octanol–water partition coefficient (Wildman–Crippen LogP) is -2.58. The maximum Gasteiger partial charge on any atom is 2.00 e. The first kappa shape index (κ1) is 55.5. The van der Waals surface area contributed by atoms with Gasteiger partial charge in [0.2, 0.25) is 0 Å². The monoisotopic (exact) mass is 630 g/mol. The van der Waals surface area contributed by atoms with Gasteiger partial charge in [-0.1, -0.05) is 18.2 Å². The van der Waals surface area contributed by atoms with Crippen molar-refractivity contribution < 1.29 is 79.6 Å². The van der Waals surface area contributed by atoms with E-state index in [1.807, 2.05) is 37.5 Å². The Hall–Kier alpha value is -4.94. The zero-order valence-electron chi connectivity index (χ0n) is 20.1. The molecule has 0 saturated heterocycles. The van der Waals surface area contributed by atoms with Crippen molar-refractivity contribution in [1.29, 1.82) is 0 Å². The molecule has 0 amide bonds. The van der Waals surface area contributed by atoms with E-state index in [0.29, 0.717) is 0 Å². The number of nitrogens with two attached hydrogens (primary N) is 1. The second-order valence-corrected chi connectivity index (χ2v) is 5.58. The number of anilines is 1. The summed E-state index contributed by atoms with van der Waals surface area (Å²) < 4.78 is 2.06. The fourth-order valence-electron chi connectivity index (χ4n) is 2.14. The minimum Gasteiger partial charge on any atom is -0.478 e. The molecule has 40 heavy (non-hydrogen) atoms. The third kappa shape index (κ3) is 24.7. The summed E-state index contributed by atoms with van der Waals surface area (Å²) in [6.45, 7) is 1.99. The third-order valence-electron chi connectivity index (χ3n) is 3.31. The molecule has 0 aliphatic heterocycles. The predicted molar refractivity (Wildman–Crippen MR) is 135 cm³/mol. The Morgan fingerprint density at radius 3 is 1.43 bits per heavy atom. The molecule has 1 aromatic heterocycles. The summed E-state index contributed by atoms with van der Waals surface area (Å²) in [5, 5.41) is 46.6. The van der Waals surface area contributed by atoms with Crippen LogP contribution in [-0.2, 0) is 16.8 Å². The molecule has 0 aliphatic carbocycles. The Balaban J connectivity index is -0.0000000593. The fourth-order valence-corrected chi connectivity index (χ4v) is 2.14. The Bertz CT molecular complexity index is 1050. The number of para-hydroxylation sites is 1. The number of hydrogen-bond donors (Lipinski definition) is 3. The van der Waals surface area contributed by atoms with Gasteiger partial charge in [0.15, 0.2) is 0 Å². The van der Waals surface area contributed by atoms with Crippen LogP contribution in [0.2, 0.25) is 0 Å². The van der Waals surface area contributed by atoms with Crippen molar-refractivity contribution in [2.45, 2.75) is 6.92 Å². The van der Waals surface area contributed by atoms with Gasteiger partial charge in [0.1, 0.15) is 5.82 Å². The molecule has 3 aromatic rings. The van der Waals surface area contributed by atoms with Crippen molar-refractivity contribution in [3.8, 4) is 5.69 Å². The fraction of sp³-hybridized carbons (Fsp3) is 0.0556. The van der Waals surface area contributed by atoms with E-state index in [1.54, 1.807) is 0 Å². The van der Waals surface area contributed by atoms with E-state index in [-0.39, 0.29) is 66.5 Å². The summed E-state index contributed by atoms with van der Waals surface area (Å²) in [5.74, 6) is -1.38. The van der Waals surface area contributed by atoms with E-state index in [4.69, 9.17) is 46.6 Å². The number of aryl methyl sites for hydroxylation is 1. The molecule has 2 aromatic carbocycles. The van der Waals surface area contributed by atoms with Gasteiger partial charge in [0.05, 0.1) is 21.3 Å². The Kier molecular flexibility index (Phi) is 39.7. The number of carbonyl (C=O) groups is 2. The number of nitrogen functional groups attached to an aromatic ring is 1. The molecule has 21 nitrogen and oxygen atoms in total. The van der Waals surface area contributed by atoms with E-state index in [2.05, 4.69) is 21.7 Å². The SMILES string of the molecule is Cc1nccn1-c1ccccc1.Nc1cc(C(=O)O)cc(C(=O)O)c1.O.O.O.O.O.O.O=[N+]([O-])[O-].O=[N+]([O-])[O-].[Co+2]. The minimum absolute atomic E-state index is 0. The van der Waals surface area contributed by atoms with E-state index in [0.717, 1.165) is 17.6 Å². The maximum absolute atomic E-state index is 10.5. The van der Waals surface area contributed by atoms with Gasteiger partial charge in [-0.3, -0.25) is 0 Å². The van der Waals surface area contributed by atoms with Crippen molar-refractivity contribution >= 4 is 17.6 Å². The van der Waals surface area contributed by atoms with Crippen LogP contribution < -0.4 is 5.73 Å². The van der Waals surface area contributed by atoms with Crippen LogP contribution in [0.5, 0.6) is 0 Å². The average Bonchev–Trinajstić information content (AvgIpc) is 3.13. The summed E-state index contributed by atoms with van der Waals surface area (Å²) in [6, 6.07) is 13.6. The molecule has 0 spiro atoms. The standard InChI is InChI=1S/C10H10N2.C8H7NO4.Co.2NO3.6H2O/c1-9-11-7-8-12(9)10-5-3-2-4-6-10;9-6-2-4(7(10)11)1-5(3-6)8(12)13;;2*2-1(3)4;;;;;;/h2-8H,1H3;1-3H,9H2,(H,10,11)(H,12,13);;;;6*1H2/q;;+2;2*-1;;;;;;. The molecule has 0 fully saturated rings. The smallest absolute Gasteiger partial charge is 0.478 e. The van der Waals surface area contributed by atoms with Crippen molar-refractivity contribution in [2.24, 2.45) is 0 Å². The summed E-state index contributed by atoms with van der Waals surface area (Å²) >= 11 is 0. The number of hydrogen-bond acceptors (Lipinski definition) is 10. The average molecular weight is 630 g/mol. The molecule has 0 unspecified atom stereocenters. The van der Waals surface area contributed by atoms with Crippen LogP contribution in [0.25, 0.3) is 5.69 Å². The van der Waals surface area contributed by atoms with E-state index in [9.17, 15) is 9.59 Å². The van der Waals surface area contributed by atoms with Crippen LogP contribution in [0.15, 0.2) is 60.9 Å². The summed E-state index contributed by atoms with van der Waals surface area (Å²) in [6.07, 6.45) is 3.77. The number of rotatable bonds is 3. The summed E-state index contributed by atoms with van der Waals surface area (Å²) in [5.41, 5.74) is 6.34. The maximum atomic E-state index is 10.5. The molecule has 0 saturated carbocycles. The van der Waals surface area contributed by atoms with Crippen molar-refractivity contribution in [2.75, 3.05) is 5.73 Å². The van der Waals surface area contributed by atoms with Crippen molar-refractivity contribution in [3.05, 3.63) is 109 Å². The normalized spacial score (nSPS) is 7.33. The number of aromatic nitrogens is 2. The second-order valence-electron chi connectivity index (χ2n) is 5.58. The van der Waals surface area contributed by atoms with Crippen LogP contribution >= 0.6 is 0 Å². The molecule has 0 aliphatic rings. The number of imidazole rings is 1. The van der Waals surface area contributed by atoms with Gasteiger partial charge in [-0.25, -0.2) is 14.6 Å². The number of aromatic carboxylic acids is 2. The third-order valence-corrected chi connectivity index (χ3v) is 3.31. The second kappa shape index (κ2) is 28.6. The molecule has 1 radical (unpaired) electrons. The van der Waals surface area contributed by atoms with E-state index < -0.39 is 22.1 Å². The van der Waals surface area contributed by atoms with Crippen molar-refractivity contribution in [3.63, 3.8) is 0 Å². The molecule has 22 heteroatoms. The first-order valence-electron chi connectivity index (χ1n) is 8.40. The summed E-state index contributed by atoms with van der Waals surface area (Å²) in [4.78, 5) is 41.6. The Labute approximate surface area is 234 Å². The van der Waals surface area contributed by atoms with Crippen LogP contribution in [0, 0.1) is 37.6 Å². The van der Waals surface area contributed by atoms with Crippen LogP contribution in [0.4, 0.5) is 5.69 Å². The Morgan fingerprint density at radius 1 is 0.800 bits per heavy atom. The quantitative estimate of drug-likeness (QED) is 0.152. The first-order chi connectivity index (χ1) is 15.3. The zero-order valence-corrected chi connectivity index (χ0v) is 21.2. The minimum atomic E-state index is -1.75. The number of carboxylic acid groups (broad SMARTS) is 2. The molecular weight excluding hydrogens is 601 g/mol. The summed E-state index contributed by atoms with van der Waals surface area (Å²) in [7, 11) is 0. The van der Waals surface area contributed by atoms with Gasteiger partial charge in [-0.05, 0) is 37.3 Å². The molecule has 0 atom stereocenters. The van der Waals surface area contributed by atoms with Gasteiger partial charge >= 0.3 is 28.7 Å². The number of nitrogens with zero attached hydrogens (tertiary/aromatic N) is 4. The van der Waals surface area contributed by atoms with Gasteiger partial charge in [-0.2, -0.15) is 0 Å². The Morgan fingerprint density at radius 2 is 1.15 bits per heavy atom. The molecule has 0 bridgehead atoms. The number of carboxylic acids is 2. The van der Waals surface area contributed by atoms with Crippen LogP contribution in [0.1, 0.15) is 26.5 Å². The molecule has 16 N–H and O–H groups in total. The molecule has 1 heterocycles. The topological polar surface area (TPSA) is 440 Å². The number of benzene rings is 2.